The van der Waals surface area contributed by atoms with E-state index in [1.807, 2.05) is 11.8 Å². The lowest BCUT2D eigenvalue weighted by molar-refractivity contribution is 0.255. The third kappa shape index (κ3) is 7.35. The Morgan fingerprint density at radius 3 is 2.46 bits per heavy atom. The molecule has 3 heteroatoms. The van der Waals surface area contributed by atoms with Crippen LogP contribution in [0, 0.1) is 5.92 Å². The zero-order chi connectivity index (χ0) is 10.1. The first kappa shape index (κ1) is 13.3. The highest BCUT2D eigenvalue weighted by molar-refractivity contribution is 7.99. The van der Waals surface area contributed by atoms with E-state index < -0.39 is 0 Å². The van der Waals surface area contributed by atoms with Crippen LogP contribution < -0.4 is 5.32 Å². The van der Waals surface area contributed by atoms with Gasteiger partial charge in [-0.1, -0.05) is 27.2 Å². The maximum Gasteiger partial charge on any atom is 0.0592 e. The van der Waals surface area contributed by atoms with Gasteiger partial charge in [0.1, 0.15) is 0 Å². The number of hydrogen-bond acceptors (Lipinski definition) is 3. The molecule has 0 radical (unpaired) electrons. The molecule has 2 atom stereocenters. The molecular formula is C10H23NOS. The lowest BCUT2D eigenvalue weighted by Crippen LogP contribution is -2.34. The van der Waals surface area contributed by atoms with Gasteiger partial charge in [-0.2, -0.15) is 11.8 Å². The van der Waals surface area contributed by atoms with E-state index in [0.29, 0.717) is 0 Å². The van der Waals surface area contributed by atoms with E-state index in [9.17, 15) is 0 Å². The first-order valence-electron chi connectivity index (χ1n) is 5.16. The average molecular weight is 205 g/mol. The number of aliphatic hydroxyl groups is 1. The second-order valence-corrected chi connectivity index (χ2v) is 4.56. The van der Waals surface area contributed by atoms with E-state index in [1.165, 1.54) is 12.2 Å². The van der Waals surface area contributed by atoms with Crippen LogP contribution in [0.2, 0.25) is 0 Å². The van der Waals surface area contributed by atoms with Gasteiger partial charge in [-0.3, -0.25) is 0 Å². The highest BCUT2D eigenvalue weighted by atomic mass is 32.2. The van der Waals surface area contributed by atoms with E-state index in [4.69, 9.17) is 5.11 Å². The normalized spacial score (nSPS) is 15.7. The minimum absolute atomic E-state index is 0.251. The summed E-state index contributed by atoms with van der Waals surface area (Å²) in [6.07, 6.45) is 1.25. The summed E-state index contributed by atoms with van der Waals surface area (Å²) in [4.78, 5) is 0. The Labute approximate surface area is 86.5 Å². The Hall–Kier alpha value is 0.270. The summed E-state index contributed by atoms with van der Waals surface area (Å²) in [6, 6.07) is 0.277. The van der Waals surface area contributed by atoms with Gasteiger partial charge in [0, 0.05) is 11.8 Å². The minimum Gasteiger partial charge on any atom is -0.395 e. The monoisotopic (exact) mass is 205 g/mol. The van der Waals surface area contributed by atoms with Crippen molar-refractivity contribution >= 4 is 11.8 Å². The van der Waals surface area contributed by atoms with E-state index in [1.54, 1.807) is 0 Å². The van der Waals surface area contributed by atoms with E-state index in [-0.39, 0.29) is 12.6 Å². The van der Waals surface area contributed by atoms with Crippen molar-refractivity contribution in [2.45, 2.75) is 33.2 Å². The van der Waals surface area contributed by atoms with Crippen LogP contribution in [0.25, 0.3) is 0 Å². The number of thioether (sulfide) groups is 1. The molecule has 0 aliphatic rings. The average Bonchev–Trinajstić information content (AvgIpc) is 2.16. The van der Waals surface area contributed by atoms with E-state index >= 15 is 0 Å². The van der Waals surface area contributed by atoms with Gasteiger partial charge in [0.2, 0.25) is 0 Å². The molecule has 0 aromatic heterocycles. The van der Waals surface area contributed by atoms with E-state index in [2.05, 4.69) is 26.1 Å². The third-order valence-corrected chi connectivity index (χ3v) is 3.57. The van der Waals surface area contributed by atoms with Crippen LogP contribution in [0.4, 0.5) is 0 Å². The summed E-state index contributed by atoms with van der Waals surface area (Å²) < 4.78 is 0. The van der Waals surface area contributed by atoms with Crippen LogP contribution in [0.5, 0.6) is 0 Å². The van der Waals surface area contributed by atoms with Gasteiger partial charge in [-0.15, -0.1) is 0 Å². The Morgan fingerprint density at radius 2 is 2.00 bits per heavy atom. The molecule has 80 valence electrons. The standard InChI is InChI=1S/C10H23NOS/c1-4-9(3)7-13-8-10(6-12)11-5-2/h9-12H,4-8H2,1-3H3. The van der Waals surface area contributed by atoms with Crippen LogP contribution in [0.1, 0.15) is 27.2 Å². The van der Waals surface area contributed by atoms with Gasteiger partial charge in [0.05, 0.1) is 6.61 Å². The Bertz CT molecular complexity index is 111. The second kappa shape index (κ2) is 8.85. The molecule has 0 amide bonds. The molecule has 0 aromatic carbocycles. The van der Waals surface area contributed by atoms with Crippen molar-refractivity contribution in [1.82, 2.24) is 5.32 Å². The molecule has 2 unspecified atom stereocenters. The Balaban J connectivity index is 3.37. The predicted molar refractivity (Wildman–Crippen MR) is 61.3 cm³/mol. The van der Waals surface area contributed by atoms with Crippen molar-refractivity contribution < 1.29 is 5.11 Å². The van der Waals surface area contributed by atoms with Crippen molar-refractivity contribution in [2.24, 2.45) is 5.92 Å². The van der Waals surface area contributed by atoms with Gasteiger partial charge < -0.3 is 10.4 Å². The molecule has 0 aromatic rings. The summed E-state index contributed by atoms with van der Waals surface area (Å²) in [7, 11) is 0. The molecule has 13 heavy (non-hydrogen) atoms. The summed E-state index contributed by atoms with van der Waals surface area (Å²) in [5.74, 6) is 3.03. The lowest BCUT2D eigenvalue weighted by atomic mass is 10.2. The lowest BCUT2D eigenvalue weighted by Gasteiger charge is -2.15. The second-order valence-electron chi connectivity index (χ2n) is 3.49. The van der Waals surface area contributed by atoms with Gasteiger partial charge in [0.25, 0.3) is 0 Å². The number of aliphatic hydroxyl groups excluding tert-OH is 1. The molecule has 0 saturated heterocycles. The number of nitrogens with one attached hydrogen (secondary N) is 1. The smallest absolute Gasteiger partial charge is 0.0592 e. The molecule has 0 saturated carbocycles. The fraction of sp³-hybridized carbons (Fsp3) is 1.00. The van der Waals surface area contributed by atoms with Crippen molar-refractivity contribution in [3.8, 4) is 0 Å². The highest BCUT2D eigenvalue weighted by Crippen LogP contribution is 2.11. The SMILES string of the molecule is CCNC(CO)CSCC(C)CC. The first-order chi connectivity index (χ1) is 6.24. The first-order valence-corrected chi connectivity index (χ1v) is 6.32. The molecule has 0 fully saturated rings. The zero-order valence-corrected chi connectivity index (χ0v) is 9.86. The largest absolute Gasteiger partial charge is 0.395 e. The summed E-state index contributed by atoms with van der Waals surface area (Å²) in [5, 5.41) is 12.3. The zero-order valence-electron chi connectivity index (χ0n) is 9.05. The summed E-state index contributed by atoms with van der Waals surface area (Å²) in [6.45, 7) is 7.76. The van der Waals surface area contributed by atoms with Crippen LogP contribution in [0.3, 0.4) is 0 Å². The fourth-order valence-electron chi connectivity index (χ4n) is 0.994. The van der Waals surface area contributed by atoms with Crippen LogP contribution in [0.15, 0.2) is 0 Å². The molecule has 0 aliphatic carbocycles. The molecule has 2 N–H and O–H groups in total. The highest BCUT2D eigenvalue weighted by Gasteiger charge is 2.06. The van der Waals surface area contributed by atoms with Gasteiger partial charge >= 0.3 is 0 Å². The maximum atomic E-state index is 9.00. The Kier molecular flexibility index (Phi) is 9.03. The molecule has 2 nitrogen and oxygen atoms in total. The minimum atomic E-state index is 0.251. The number of rotatable bonds is 8. The Morgan fingerprint density at radius 1 is 1.31 bits per heavy atom. The molecule has 0 rings (SSSR count). The van der Waals surface area contributed by atoms with Gasteiger partial charge in [0.15, 0.2) is 0 Å². The predicted octanol–water partition coefficient (Wildman–Crippen LogP) is 1.74. The fourth-order valence-corrected chi connectivity index (χ4v) is 2.28. The number of hydrogen-bond donors (Lipinski definition) is 2. The van der Waals surface area contributed by atoms with Gasteiger partial charge in [-0.05, 0) is 18.2 Å². The molecule has 0 heterocycles. The number of likely N-dealkylation sites (N-methyl/N-ethyl adjacent to an activating group) is 1. The molecule has 0 aliphatic heterocycles. The summed E-state index contributed by atoms with van der Waals surface area (Å²) in [5.41, 5.74) is 0. The quantitative estimate of drug-likeness (QED) is 0.633. The van der Waals surface area contributed by atoms with Crippen molar-refractivity contribution in [2.75, 3.05) is 24.7 Å². The van der Waals surface area contributed by atoms with Crippen molar-refractivity contribution in [3.63, 3.8) is 0 Å². The molecule has 0 spiro atoms. The van der Waals surface area contributed by atoms with Crippen molar-refractivity contribution in [1.29, 1.82) is 0 Å². The topological polar surface area (TPSA) is 32.3 Å². The van der Waals surface area contributed by atoms with Crippen LogP contribution >= 0.6 is 11.8 Å². The van der Waals surface area contributed by atoms with E-state index in [0.717, 1.165) is 18.2 Å². The van der Waals surface area contributed by atoms with Gasteiger partial charge in [-0.25, -0.2) is 0 Å². The molecule has 0 bridgehead atoms. The molecular weight excluding hydrogens is 182 g/mol. The summed E-state index contributed by atoms with van der Waals surface area (Å²) >= 11 is 1.94. The third-order valence-electron chi connectivity index (χ3n) is 2.13. The van der Waals surface area contributed by atoms with Crippen molar-refractivity contribution in [3.05, 3.63) is 0 Å². The van der Waals surface area contributed by atoms with Crippen LogP contribution in [-0.2, 0) is 0 Å². The van der Waals surface area contributed by atoms with Crippen LogP contribution in [-0.4, -0.2) is 35.8 Å². The maximum absolute atomic E-state index is 9.00.